The zero-order chi connectivity index (χ0) is 9.84. The summed E-state index contributed by atoms with van der Waals surface area (Å²) in [7, 11) is 0. The molecule has 0 spiro atoms. The highest BCUT2D eigenvalue weighted by molar-refractivity contribution is 14.1. The zero-order valence-corrected chi connectivity index (χ0v) is 10.1. The third-order valence-corrected chi connectivity index (χ3v) is 2.73. The van der Waals surface area contributed by atoms with Crippen LogP contribution in [0.5, 0.6) is 0 Å². The molecule has 3 N–H and O–H groups in total. The van der Waals surface area contributed by atoms with Crippen molar-refractivity contribution in [2.45, 2.75) is 19.9 Å². The summed E-state index contributed by atoms with van der Waals surface area (Å²) < 4.78 is 1.25. The molecule has 0 aromatic heterocycles. The van der Waals surface area contributed by atoms with Gasteiger partial charge in [0.1, 0.15) is 0 Å². The second-order valence-electron chi connectivity index (χ2n) is 3.44. The topological polar surface area (TPSA) is 38.0 Å². The van der Waals surface area contributed by atoms with Crippen LogP contribution in [0.4, 0.5) is 0 Å². The first-order chi connectivity index (χ1) is 6.15. The zero-order valence-electron chi connectivity index (χ0n) is 7.92. The third-order valence-electron chi connectivity index (χ3n) is 2.05. The van der Waals surface area contributed by atoms with Gasteiger partial charge in [-0.1, -0.05) is 26.0 Å². The second kappa shape index (κ2) is 4.93. The van der Waals surface area contributed by atoms with Gasteiger partial charge >= 0.3 is 0 Å². The number of rotatable bonds is 3. The van der Waals surface area contributed by atoms with Gasteiger partial charge in [0.2, 0.25) is 0 Å². The quantitative estimate of drug-likeness (QED) is 0.510. The molecule has 0 aliphatic rings. The van der Waals surface area contributed by atoms with Crippen LogP contribution >= 0.6 is 22.6 Å². The predicted octanol–water partition coefficient (Wildman–Crippen LogP) is 2.45. The standard InChI is InChI=1S/C10H15IN2/c1-7(2)10(13-12)8-4-3-5-9(11)6-8/h3-7,10,13H,12H2,1-2H3. The monoisotopic (exact) mass is 290 g/mol. The van der Waals surface area contributed by atoms with Crippen molar-refractivity contribution in [3.05, 3.63) is 33.4 Å². The van der Waals surface area contributed by atoms with E-state index < -0.39 is 0 Å². The Labute approximate surface area is 93.0 Å². The predicted molar refractivity (Wildman–Crippen MR) is 64.1 cm³/mol. The van der Waals surface area contributed by atoms with E-state index in [2.05, 4.69) is 66.1 Å². The molecule has 2 nitrogen and oxygen atoms in total. The first-order valence-electron chi connectivity index (χ1n) is 4.36. The number of nitrogens with one attached hydrogen (secondary N) is 1. The molecule has 0 heterocycles. The van der Waals surface area contributed by atoms with E-state index in [1.54, 1.807) is 0 Å². The van der Waals surface area contributed by atoms with Crippen LogP contribution in [0.3, 0.4) is 0 Å². The summed E-state index contributed by atoms with van der Waals surface area (Å²) in [5, 5.41) is 0. The largest absolute Gasteiger partial charge is 0.271 e. The van der Waals surface area contributed by atoms with Gasteiger partial charge in [0.25, 0.3) is 0 Å². The molecule has 3 heteroatoms. The highest BCUT2D eigenvalue weighted by Crippen LogP contribution is 2.21. The van der Waals surface area contributed by atoms with Gasteiger partial charge in [-0.3, -0.25) is 11.3 Å². The summed E-state index contributed by atoms with van der Waals surface area (Å²) in [5.74, 6) is 6.01. The van der Waals surface area contributed by atoms with Gasteiger partial charge in [-0.05, 0) is 46.2 Å². The molecule has 0 radical (unpaired) electrons. The Bertz CT molecular complexity index is 273. The Morgan fingerprint density at radius 3 is 2.54 bits per heavy atom. The number of halogens is 1. The molecule has 0 fully saturated rings. The lowest BCUT2D eigenvalue weighted by Gasteiger charge is -2.20. The second-order valence-corrected chi connectivity index (χ2v) is 4.69. The summed E-state index contributed by atoms with van der Waals surface area (Å²) in [4.78, 5) is 0. The molecule has 0 aliphatic carbocycles. The maximum Gasteiger partial charge on any atom is 0.0483 e. The molecule has 0 aliphatic heterocycles. The average molecular weight is 290 g/mol. The van der Waals surface area contributed by atoms with Crippen LogP contribution in [-0.4, -0.2) is 0 Å². The van der Waals surface area contributed by atoms with E-state index >= 15 is 0 Å². The summed E-state index contributed by atoms with van der Waals surface area (Å²) in [5.41, 5.74) is 4.10. The van der Waals surface area contributed by atoms with Crippen molar-refractivity contribution in [2.24, 2.45) is 11.8 Å². The molecule has 1 aromatic rings. The third kappa shape index (κ3) is 2.93. The number of hydrogen-bond acceptors (Lipinski definition) is 2. The Morgan fingerprint density at radius 2 is 2.08 bits per heavy atom. The van der Waals surface area contributed by atoms with Crippen LogP contribution in [0.1, 0.15) is 25.5 Å². The van der Waals surface area contributed by atoms with Crippen molar-refractivity contribution < 1.29 is 0 Å². The van der Waals surface area contributed by atoms with E-state index in [9.17, 15) is 0 Å². The Morgan fingerprint density at radius 1 is 1.38 bits per heavy atom. The summed E-state index contributed by atoms with van der Waals surface area (Å²) in [6.07, 6.45) is 0. The Kier molecular flexibility index (Phi) is 4.15. The summed E-state index contributed by atoms with van der Waals surface area (Å²) >= 11 is 2.31. The lowest BCUT2D eigenvalue weighted by Crippen LogP contribution is -2.31. The first kappa shape index (κ1) is 10.9. The highest BCUT2D eigenvalue weighted by Gasteiger charge is 2.13. The van der Waals surface area contributed by atoms with E-state index in [4.69, 9.17) is 5.84 Å². The van der Waals surface area contributed by atoms with E-state index in [0.29, 0.717) is 5.92 Å². The van der Waals surface area contributed by atoms with Crippen molar-refractivity contribution in [1.29, 1.82) is 0 Å². The van der Waals surface area contributed by atoms with Gasteiger partial charge in [0.15, 0.2) is 0 Å². The Hall–Kier alpha value is -0.130. The SMILES string of the molecule is CC(C)C(NN)c1cccc(I)c1. The molecule has 1 atom stereocenters. The molecular formula is C10H15IN2. The first-order valence-corrected chi connectivity index (χ1v) is 5.44. The molecule has 1 rings (SSSR count). The van der Waals surface area contributed by atoms with E-state index in [0.717, 1.165) is 0 Å². The van der Waals surface area contributed by atoms with Crippen molar-refractivity contribution in [1.82, 2.24) is 5.43 Å². The molecule has 0 bridgehead atoms. The fourth-order valence-corrected chi connectivity index (χ4v) is 1.94. The molecule has 1 unspecified atom stereocenters. The van der Waals surface area contributed by atoms with Gasteiger partial charge in [0, 0.05) is 9.61 Å². The molecule has 1 aromatic carbocycles. The fraction of sp³-hybridized carbons (Fsp3) is 0.400. The summed E-state index contributed by atoms with van der Waals surface area (Å²) in [6, 6.07) is 8.65. The number of hydrazine groups is 1. The number of nitrogens with two attached hydrogens (primary N) is 1. The number of hydrogen-bond donors (Lipinski definition) is 2. The van der Waals surface area contributed by atoms with E-state index in [1.807, 2.05) is 0 Å². The van der Waals surface area contributed by atoms with Gasteiger partial charge in [-0.2, -0.15) is 0 Å². The van der Waals surface area contributed by atoms with Crippen molar-refractivity contribution in [3.63, 3.8) is 0 Å². The van der Waals surface area contributed by atoms with Crippen molar-refractivity contribution >= 4 is 22.6 Å². The molecule has 0 amide bonds. The van der Waals surface area contributed by atoms with Crippen LogP contribution in [0.25, 0.3) is 0 Å². The van der Waals surface area contributed by atoms with Crippen molar-refractivity contribution in [2.75, 3.05) is 0 Å². The van der Waals surface area contributed by atoms with Gasteiger partial charge in [-0.25, -0.2) is 0 Å². The smallest absolute Gasteiger partial charge is 0.0483 e. The fourth-order valence-electron chi connectivity index (χ4n) is 1.37. The molecule has 0 saturated carbocycles. The number of benzene rings is 1. The van der Waals surface area contributed by atoms with Crippen LogP contribution < -0.4 is 11.3 Å². The normalized spacial score (nSPS) is 13.3. The van der Waals surface area contributed by atoms with Gasteiger partial charge in [-0.15, -0.1) is 0 Å². The van der Waals surface area contributed by atoms with Gasteiger partial charge < -0.3 is 0 Å². The molecule has 13 heavy (non-hydrogen) atoms. The molecule has 0 saturated heterocycles. The van der Waals surface area contributed by atoms with Crippen LogP contribution in [0, 0.1) is 9.49 Å². The Balaban J connectivity index is 2.91. The van der Waals surface area contributed by atoms with Crippen LogP contribution in [0.15, 0.2) is 24.3 Å². The van der Waals surface area contributed by atoms with E-state index in [1.165, 1.54) is 9.13 Å². The van der Waals surface area contributed by atoms with E-state index in [-0.39, 0.29) is 6.04 Å². The van der Waals surface area contributed by atoms with Crippen molar-refractivity contribution in [3.8, 4) is 0 Å². The maximum atomic E-state index is 5.50. The lowest BCUT2D eigenvalue weighted by atomic mass is 9.97. The average Bonchev–Trinajstić information content (AvgIpc) is 2.04. The maximum absolute atomic E-state index is 5.50. The molecule has 72 valence electrons. The lowest BCUT2D eigenvalue weighted by molar-refractivity contribution is 0.421. The minimum atomic E-state index is 0.245. The summed E-state index contributed by atoms with van der Waals surface area (Å²) in [6.45, 7) is 4.31. The van der Waals surface area contributed by atoms with Gasteiger partial charge in [0.05, 0.1) is 0 Å². The molecular weight excluding hydrogens is 275 g/mol. The van der Waals surface area contributed by atoms with Crippen LogP contribution in [-0.2, 0) is 0 Å². The van der Waals surface area contributed by atoms with Crippen LogP contribution in [0.2, 0.25) is 0 Å². The highest BCUT2D eigenvalue weighted by atomic mass is 127. The minimum Gasteiger partial charge on any atom is -0.271 e. The minimum absolute atomic E-state index is 0.245.